The third kappa shape index (κ3) is 4.35. The van der Waals surface area contributed by atoms with E-state index in [0.29, 0.717) is 36.7 Å². The lowest BCUT2D eigenvalue weighted by atomic mass is 10.0. The van der Waals surface area contributed by atoms with Crippen molar-refractivity contribution in [2.24, 2.45) is 0 Å². The number of benzene rings is 2. The summed E-state index contributed by atoms with van der Waals surface area (Å²) in [5, 5.41) is 0. The molecular weight excluding hydrogens is 276 g/mol. The summed E-state index contributed by atoms with van der Waals surface area (Å²) in [4.78, 5) is 12.3. The Hall–Kier alpha value is -2.29. The van der Waals surface area contributed by atoms with Gasteiger partial charge in [-0.1, -0.05) is 30.3 Å². The van der Waals surface area contributed by atoms with E-state index in [2.05, 4.69) is 0 Å². The number of Topliss-reactive ketones (excluding diaryl/α,β-unsaturated/α-hetero) is 1. The van der Waals surface area contributed by atoms with Crippen LogP contribution < -0.4 is 9.47 Å². The van der Waals surface area contributed by atoms with Crippen LogP contribution in [0.5, 0.6) is 11.5 Å². The molecule has 22 heavy (non-hydrogen) atoms. The fourth-order valence-electron chi connectivity index (χ4n) is 2.27. The molecule has 3 nitrogen and oxygen atoms in total. The normalized spacial score (nSPS) is 10.3. The molecule has 0 aliphatic heterocycles. The van der Waals surface area contributed by atoms with E-state index < -0.39 is 0 Å². The number of carbonyl (C=O) groups excluding carboxylic acids is 1. The second-order valence-corrected chi connectivity index (χ2v) is 4.94. The Morgan fingerprint density at radius 3 is 2.27 bits per heavy atom. The molecule has 0 aliphatic carbocycles. The van der Waals surface area contributed by atoms with Gasteiger partial charge in [0.1, 0.15) is 0 Å². The van der Waals surface area contributed by atoms with Crippen LogP contribution in [0.2, 0.25) is 0 Å². The Morgan fingerprint density at radius 2 is 1.59 bits per heavy atom. The van der Waals surface area contributed by atoms with Crippen molar-refractivity contribution in [2.75, 3.05) is 13.2 Å². The molecule has 3 heteroatoms. The van der Waals surface area contributed by atoms with Gasteiger partial charge in [0, 0.05) is 12.0 Å². The third-order valence-corrected chi connectivity index (χ3v) is 3.35. The lowest BCUT2D eigenvalue weighted by Gasteiger charge is -2.12. The summed E-state index contributed by atoms with van der Waals surface area (Å²) >= 11 is 0. The molecule has 0 atom stereocenters. The molecule has 0 heterocycles. The molecule has 0 saturated carbocycles. The van der Waals surface area contributed by atoms with E-state index in [9.17, 15) is 4.79 Å². The van der Waals surface area contributed by atoms with Crippen LogP contribution in [0.25, 0.3) is 0 Å². The summed E-state index contributed by atoms with van der Waals surface area (Å²) in [5.41, 5.74) is 1.84. The quantitative estimate of drug-likeness (QED) is 0.682. The van der Waals surface area contributed by atoms with E-state index in [4.69, 9.17) is 9.47 Å². The summed E-state index contributed by atoms with van der Waals surface area (Å²) < 4.78 is 11.1. The van der Waals surface area contributed by atoms with E-state index in [0.717, 1.165) is 6.42 Å². The minimum absolute atomic E-state index is 0.118. The largest absolute Gasteiger partial charge is 0.490 e. The number of carbonyl (C=O) groups is 1. The van der Waals surface area contributed by atoms with Gasteiger partial charge in [0.2, 0.25) is 0 Å². The maximum absolute atomic E-state index is 12.3. The number of hydrogen-bond acceptors (Lipinski definition) is 3. The van der Waals surface area contributed by atoms with Crippen LogP contribution in [0.3, 0.4) is 0 Å². The van der Waals surface area contributed by atoms with Crippen molar-refractivity contribution in [2.45, 2.75) is 26.7 Å². The molecule has 0 saturated heterocycles. The van der Waals surface area contributed by atoms with Gasteiger partial charge in [0.25, 0.3) is 0 Å². The Bertz CT molecular complexity index is 605. The predicted octanol–water partition coefficient (Wildman–Crippen LogP) is 4.30. The van der Waals surface area contributed by atoms with E-state index in [1.54, 1.807) is 12.1 Å². The van der Waals surface area contributed by atoms with Crippen LogP contribution in [0.15, 0.2) is 48.5 Å². The molecule has 0 unspecified atom stereocenters. The molecule has 2 aromatic carbocycles. The molecule has 2 rings (SSSR count). The second-order valence-electron chi connectivity index (χ2n) is 4.94. The monoisotopic (exact) mass is 298 g/mol. The number of ether oxygens (including phenoxy) is 2. The highest BCUT2D eigenvalue weighted by Crippen LogP contribution is 2.29. The van der Waals surface area contributed by atoms with Crippen LogP contribution in [0.4, 0.5) is 0 Å². The van der Waals surface area contributed by atoms with Crippen molar-refractivity contribution in [3.05, 3.63) is 59.7 Å². The van der Waals surface area contributed by atoms with Crippen molar-refractivity contribution in [3.8, 4) is 11.5 Å². The van der Waals surface area contributed by atoms with Gasteiger partial charge in [-0.05, 0) is 44.0 Å². The van der Waals surface area contributed by atoms with Gasteiger partial charge < -0.3 is 9.47 Å². The standard InChI is InChI=1S/C19H22O3/c1-3-21-18-13-11-16(14-19(18)22-4-2)17(20)12-10-15-8-6-5-7-9-15/h5-9,11,13-14H,3-4,10,12H2,1-2H3. The Labute approximate surface area is 131 Å². The van der Waals surface area contributed by atoms with Gasteiger partial charge >= 0.3 is 0 Å². The minimum Gasteiger partial charge on any atom is -0.490 e. The number of ketones is 1. The highest BCUT2D eigenvalue weighted by molar-refractivity contribution is 5.96. The fraction of sp³-hybridized carbons (Fsp3) is 0.316. The van der Waals surface area contributed by atoms with Gasteiger partial charge in [-0.3, -0.25) is 4.79 Å². The highest BCUT2D eigenvalue weighted by atomic mass is 16.5. The first kappa shape index (κ1) is 16.1. The van der Waals surface area contributed by atoms with Crippen LogP contribution in [-0.2, 0) is 6.42 Å². The van der Waals surface area contributed by atoms with Crippen molar-refractivity contribution in [1.82, 2.24) is 0 Å². The highest BCUT2D eigenvalue weighted by Gasteiger charge is 2.11. The predicted molar refractivity (Wildman–Crippen MR) is 87.9 cm³/mol. The molecule has 0 fully saturated rings. The zero-order valence-corrected chi connectivity index (χ0v) is 13.2. The smallest absolute Gasteiger partial charge is 0.163 e. The lowest BCUT2D eigenvalue weighted by molar-refractivity contribution is 0.0982. The van der Waals surface area contributed by atoms with Crippen LogP contribution in [-0.4, -0.2) is 19.0 Å². The summed E-state index contributed by atoms with van der Waals surface area (Å²) in [7, 11) is 0. The minimum atomic E-state index is 0.118. The van der Waals surface area contributed by atoms with E-state index in [-0.39, 0.29) is 5.78 Å². The summed E-state index contributed by atoms with van der Waals surface area (Å²) in [6, 6.07) is 15.4. The van der Waals surface area contributed by atoms with Crippen LogP contribution in [0.1, 0.15) is 36.2 Å². The molecular formula is C19H22O3. The third-order valence-electron chi connectivity index (χ3n) is 3.35. The SMILES string of the molecule is CCOc1ccc(C(=O)CCc2ccccc2)cc1OCC. The fourth-order valence-corrected chi connectivity index (χ4v) is 2.27. The zero-order valence-electron chi connectivity index (χ0n) is 13.2. The van der Waals surface area contributed by atoms with Gasteiger partial charge in [0.05, 0.1) is 13.2 Å². The molecule has 116 valence electrons. The number of hydrogen-bond donors (Lipinski definition) is 0. The molecule has 0 aromatic heterocycles. The molecule has 2 aromatic rings. The topological polar surface area (TPSA) is 35.5 Å². The first-order valence-corrected chi connectivity index (χ1v) is 7.71. The molecule has 0 spiro atoms. The summed E-state index contributed by atoms with van der Waals surface area (Å²) in [5.74, 6) is 1.44. The molecule has 0 N–H and O–H groups in total. The second kappa shape index (κ2) is 8.23. The van der Waals surface area contributed by atoms with Gasteiger partial charge in [-0.25, -0.2) is 0 Å². The molecule has 0 amide bonds. The Morgan fingerprint density at radius 1 is 0.909 bits per heavy atom. The van der Waals surface area contributed by atoms with E-state index in [1.165, 1.54) is 5.56 Å². The number of aryl methyl sites for hydroxylation is 1. The van der Waals surface area contributed by atoms with Gasteiger partial charge in [-0.2, -0.15) is 0 Å². The Balaban J connectivity index is 2.07. The summed E-state index contributed by atoms with van der Waals surface area (Å²) in [6.07, 6.45) is 1.24. The first-order chi connectivity index (χ1) is 10.7. The molecule has 0 bridgehead atoms. The lowest BCUT2D eigenvalue weighted by Crippen LogP contribution is -2.04. The zero-order chi connectivity index (χ0) is 15.8. The van der Waals surface area contributed by atoms with Crippen molar-refractivity contribution in [3.63, 3.8) is 0 Å². The van der Waals surface area contributed by atoms with Crippen LogP contribution in [0, 0.1) is 0 Å². The average molecular weight is 298 g/mol. The van der Waals surface area contributed by atoms with Gasteiger partial charge in [0.15, 0.2) is 17.3 Å². The average Bonchev–Trinajstić information content (AvgIpc) is 2.55. The first-order valence-electron chi connectivity index (χ1n) is 7.71. The maximum atomic E-state index is 12.3. The summed E-state index contributed by atoms with van der Waals surface area (Å²) in [6.45, 7) is 4.96. The maximum Gasteiger partial charge on any atom is 0.163 e. The van der Waals surface area contributed by atoms with Crippen molar-refractivity contribution in [1.29, 1.82) is 0 Å². The van der Waals surface area contributed by atoms with E-state index >= 15 is 0 Å². The number of rotatable bonds is 8. The molecule has 0 radical (unpaired) electrons. The van der Waals surface area contributed by atoms with Crippen LogP contribution >= 0.6 is 0 Å². The van der Waals surface area contributed by atoms with E-state index in [1.807, 2.05) is 50.2 Å². The van der Waals surface area contributed by atoms with Crippen molar-refractivity contribution < 1.29 is 14.3 Å². The van der Waals surface area contributed by atoms with Crippen molar-refractivity contribution >= 4 is 5.78 Å². The molecule has 0 aliphatic rings. The van der Waals surface area contributed by atoms with Gasteiger partial charge in [-0.15, -0.1) is 0 Å². The Kier molecular flexibility index (Phi) is 6.01.